The van der Waals surface area contributed by atoms with Gasteiger partial charge in [-0.25, -0.2) is 4.79 Å². The van der Waals surface area contributed by atoms with Crippen molar-refractivity contribution in [1.29, 1.82) is 0 Å². The molecule has 3 amide bonds. The Labute approximate surface area is 192 Å². The van der Waals surface area contributed by atoms with E-state index in [2.05, 4.69) is 11.9 Å². The van der Waals surface area contributed by atoms with E-state index in [1.165, 1.54) is 4.90 Å². The highest BCUT2D eigenvalue weighted by molar-refractivity contribution is 7.98. The third-order valence-corrected chi connectivity index (χ3v) is 5.54. The number of benzene rings is 2. The van der Waals surface area contributed by atoms with Crippen LogP contribution >= 0.6 is 11.8 Å². The minimum atomic E-state index is -0.354. The number of urea groups is 1. The van der Waals surface area contributed by atoms with Crippen LogP contribution in [0.15, 0.2) is 95.0 Å². The van der Waals surface area contributed by atoms with Crippen molar-refractivity contribution in [3.8, 4) is 0 Å². The molecule has 0 aliphatic rings. The van der Waals surface area contributed by atoms with Gasteiger partial charge in [-0.15, -0.1) is 18.3 Å². The molecular weight excluding hydrogens is 422 g/mol. The van der Waals surface area contributed by atoms with E-state index in [1.807, 2.05) is 66.9 Å². The second-order valence-corrected chi connectivity index (χ2v) is 8.02. The van der Waals surface area contributed by atoms with Gasteiger partial charge in [-0.05, 0) is 48.2 Å². The third kappa shape index (κ3) is 6.78. The molecule has 0 saturated carbocycles. The summed E-state index contributed by atoms with van der Waals surface area (Å²) in [6.45, 7) is 4.64. The van der Waals surface area contributed by atoms with Crippen molar-refractivity contribution in [3.05, 3.63) is 97.0 Å². The largest absolute Gasteiger partial charge is 0.467 e. The number of amides is 3. The number of nitrogens with one attached hydrogen (secondary N) is 1. The highest BCUT2D eigenvalue weighted by atomic mass is 32.2. The third-order valence-electron chi connectivity index (χ3n) is 4.80. The molecule has 1 N–H and O–H groups in total. The number of nitrogens with zero attached hydrogens (tertiary/aromatic N) is 2. The number of rotatable bonds is 10. The molecule has 0 saturated heterocycles. The molecule has 6 nitrogen and oxygen atoms in total. The first-order chi connectivity index (χ1) is 15.6. The van der Waals surface area contributed by atoms with Crippen LogP contribution in [0.2, 0.25) is 0 Å². The maximum Gasteiger partial charge on any atom is 0.322 e. The summed E-state index contributed by atoms with van der Waals surface area (Å²) in [4.78, 5) is 30.3. The van der Waals surface area contributed by atoms with E-state index >= 15 is 0 Å². The van der Waals surface area contributed by atoms with E-state index in [1.54, 1.807) is 35.1 Å². The average Bonchev–Trinajstić information content (AvgIpc) is 3.32. The second-order valence-electron chi connectivity index (χ2n) is 7.14. The fraction of sp³-hybridized carbons (Fsp3) is 0.200. The Morgan fingerprint density at radius 3 is 2.38 bits per heavy atom. The van der Waals surface area contributed by atoms with Crippen molar-refractivity contribution in [3.63, 3.8) is 0 Å². The minimum Gasteiger partial charge on any atom is -0.467 e. The maximum atomic E-state index is 13.2. The van der Waals surface area contributed by atoms with Gasteiger partial charge >= 0.3 is 6.03 Å². The Balaban J connectivity index is 1.70. The lowest BCUT2D eigenvalue weighted by Crippen LogP contribution is -2.44. The minimum absolute atomic E-state index is 0.0751. The van der Waals surface area contributed by atoms with Crippen LogP contribution in [0, 0.1) is 0 Å². The van der Waals surface area contributed by atoms with Crippen LogP contribution in [0.1, 0.15) is 11.3 Å². The SMILES string of the molecule is C=CCN(CC(=O)N(Cc1ccccc1)Cc1ccco1)C(=O)Nc1ccc(SC)cc1. The number of thioether (sulfide) groups is 1. The van der Waals surface area contributed by atoms with E-state index in [0.29, 0.717) is 24.5 Å². The van der Waals surface area contributed by atoms with Gasteiger partial charge in [0.15, 0.2) is 0 Å². The molecule has 1 heterocycles. The molecule has 0 aliphatic carbocycles. The van der Waals surface area contributed by atoms with E-state index in [4.69, 9.17) is 4.42 Å². The molecular formula is C25H27N3O3S. The molecule has 2 aromatic carbocycles. The van der Waals surface area contributed by atoms with Gasteiger partial charge in [0, 0.05) is 23.7 Å². The molecule has 1 aromatic heterocycles. The lowest BCUT2D eigenvalue weighted by Gasteiger charge is -2.27. The van der Waals surface area contributed by atoms with Crippen LogP contribution in [-0.2, 0) is 17.9 Å². The van der Waals surface area contributed by atoms with Crippen molar-refractivity contribution < 1.29 is 14.0 Å². The van der Waals surface area contributed by atoms with Gasteiger partial charge < -0.3 is 19.5 Å². The van der Waals surface area contributed by atoms with Crippen molar-refractivity contribution in [2.45, 2.75) is 18.0 Å². The van der Waals surface area contributed by atoms with E-state index in [9.17, 15) is 9.59 Å². The quantitative estimate of drug-likeness (QED) is 0.339. The fourth-order valence-electron chi connectivity index (χ4n) is 3.14. The first-order valence-electron chi connectivity index (χ1n) is 10.2. The van der Waals surface area contributed by atoms with Crippen LogP contribution in [0.5, 0.6) is 0 Å². The summed E-state index contributed by atoms with van der Waals surface area (Å²) in [5.74, 6) is 0.503. The van der Waals surface area contributed by atoms with Gasteiger partial charge in [-0.1, -0.05) is 36.4 Å². The maximum absolute atomic E-state index is 13.2. The topological polar surface area (TPSA) is 65.8 Å². The predicted molar refractivity (Wildman–Crippen MR) is 128 cm³/mol. The van der Waals surface area contributed by atoms with Gasteiger partial charge in [0.25, 0.3) is 0 Å². The Bertz CT molecular complexity index is 1000. The number of hydrogen-bond acceptors (Lipinski definition) is 4. The molecule has 32 heavy (non-hydrogen) atoms. The summed E-state index contributed by atoms with van der Waals surface area (Å²) in [5, 5.41) is 2.86. The van der Waals surface area contributed by atoms with Crippen molar-refractivity contribution >= 4 is 29.4 Å². The van der Waals surface area contributed by atoms with Crippen LogP contribution in [0.25, 0.3) is 0 Å². The van der Waals surface area contributed by atoms with Gasteiger partial charge in [-0.2, -0.15) is 0 Å². The fourth-order valence-corrected chi connectivity index (χ4v) is 3.55. The van der Waals surface area contributed by atoms with E-state index in [0.717, 1.165) is 10.5 Å². The predicted octanol–water partition coefficient (Wildman–Crippen LogP) is 5.25. The molecule has 3 aromatic rings. The molecule has 0 fully saturated rings. The number of carbonyl (C=O) groups is 2. The molecule has 3 rings (SSSR count). The zero-order chi connectivity index (χ0) is 22.8. The van der Waals surface area contributed by atoms with Crippen LogP contribution in [0.3, 0.4) is 0 Å². The van der Waals surface area contributed by atoms with Gasteiger partial charge in [0.2, 0.25) is 5.91 Å². The molecule has 7 heteroatoms. The summed E-state index contributed by atoms with van der Waals surface area (Å²) in [6.07, 6.45) is 5.19. The number of furan rings is 1. The Hall–Kier alpha value is -3.45. The first kappa shape index (κ1) is 23.2. The Morgan fingerprint density at radius 1 is 1.00 bits per heavy atom. The van der Waals surface area contributed by atoms with Gasteiger partial charge in [0.1, 0.15) is 12.3 Å². The van der Waals surface area contributed by atoms with Crippen LogP contribution < -0.4 is 5.32 Å². The lowest BCUT2D eigenvalue weighted by atomic mass is 10.2. The normalized spacial score (nSPS) is 10.4. The highest BCUT2D eigenvalue weighted by Crippen LogP contribution is 2.18. The zero-order valence-electron chi connectivity index (χ0n) is 18.1. The molecule has 166 valence electrons. The number of anilines is 1. The highest BCUT2D eigenvalue weighted by Gasteiger charge is 2.22. The molecule has 0 spiro atoms. The molecule has 0 radical (unpaired) electrons. The molecule has 0 aliphatic heterocycles. The second kappa shape index (κ2) is 11.8. The van der Waals surface area contributed by atoms with Gasteiger partial charge in [0.05, 0.1) is 12.8 Å². The molecule has 0 bridgehead atoms. The Kier molecular flexibility index (Phi) is 8.57. The lowest BCUT2D eigenvalue weighted by molar-refractivity contribution is -0.133. The van der Waals surface area contributed by atoms with Gasteiger partial charge in [-0.3, -0.25) is 4.79 Å². The Morgan fingerprint density at radius 2 is 1.75 bits per heavy atom. The van der Waals surface area contributed by atoms with Crippen molar-refractivity contribution in [1.82, 2.24) is 9.80 Å². The molecule has 0 atom stereocenters. The zero-order valence-corrected chi connectivity index (χ0v) is 18.9. The smallest absolute Gasteiger partial charge is 0.322 e. The van der Waals surface area contributed by atoms with Crippen molar-refractivity contribution in [2.24, 2.45) is 0 Å². The van der Waals surface area contributed by atoms with Crippen LogP contribution in [0.4, 0.5) is 10.5 Å². The summed E-state index contributed by atoms with van der Waals surface area (Å²) in [6, 6.07) is 20.6. The van der Waals surface area contributed by atoms with E-state index in [-0.39, 0.29) is 25.0 Å². The standard InChI is InChI=1S/C25H27N3O3S/c1-3-15-27(25(30)26-21-11-13-23(32-2)14-12-21)19-24(29)28(18-22-10-7-16-31-22)17-20-8-5-4-6-9-20/h3-14,16H,1,15,17-19H2,2H3,(H,26,30). The summed E-state index contributed by atoms with van der Waals surface area (Å²) in [5.41, 5.74) is 1.67. The summed E-state index contributed by atoms with van der Waals surface area (Å²) >= 11 is 1.63. The summed E-state index contributed by atoms with van der Waals surface area (Å²) in [7, 11) is 0. The monoisotopic (exact) mass is 449 g/mol. The van der Waals surface area contributed by atoms with Crippen LogP contribution in [-0.4, -0.2) is 41.1 Å². The number of hydrogen-bond donors (Lipinski definition) is 1. The summed E-state index contributed by atoms with van der Waals surface area (Å²) < 4.78 is 5.44. The number of carbonyl (C=O) groups excluding carboxylic acids is 2. The van der Waals surface area contributed by atoms with Crippen molar-refractivity contribution in [2.75, 3.05) is 24.7 Å². The average molecular weight is 450 g/mol. The van der Waals surface area contributed by atoms with E-state index < -0.39 is 0 Å². The molecule has 0 unspecified atom stereocenters. The first-order valence-corrected chi connectivity index (χ1v) is 11.5.